The highest BCUT2D eigenvalue weighted by atomic mass is 16.4. The summed E-state index contributed by atoms with van der Waals surface area (Å²) in [6, 6.07) is 22.2. The molecule has 39 heavy (non-hydrogen) atoms. The standard InChI is InChI=1S/C30H25NO8/c32-27(33)12-13-31(16-18-8-11-24(29(36)37)26(14-18)30(38)39)17-21-10-9-20(28(34)35)15-25(21)23-7-3-5-19-4-1-2-6-22(19)23/h1-11,14-15H,12-13,16-17H2,(H,32,33)(H,34,35)(H,36,37)(H,38,39). The largest absolute Gasteiger partial charge is 0.481 e. The van der Waals surface area contributed by atoms with Crippen molar-refractivity contribution >= 4 is 34.6 Å². The Morgan fingerprint density at radius 1 is 0.641 bits per heavy atom. The highest BCUT2D eigenvalue weighted by Crippen LogP contribution is 2.33. The van der Waals surface area contributed by atoms with Crippen molar-refractivity contribution in [3.63, 3.8) is 0 Å². The number of aliphatic carboxylic acids is 1. The molecule has 0 radical (unpaired) electrons. The van der Waals surface area contributed by atoms with Gasteiger partial charge in [0, 0.05) is 19.6 Å². The van der Waals surface area contributed by atoms with Crippen LogP contribution >= 0.6 is 0 Å². The zero-order chi connectivity index (χ0) is 28.1. The van der Waals surface area contributed by atoms with Crippen molar-refractivity contribution in [1.82, 2.24) is 4.90 Å². The minimum Gasteiger partial charge on any atom is -0.481 e. The van der Waals surface area contributed by atoms with Gasteiger partial charge in [0.2, 0.25) is 0 Å². The molecular formula is C30H25NO8. The summed E-state index contributed by atoms with van der Waals surface area (Å²) < 4.78 is 0. The van der Waals surface area contributed by atoms with Crippen LogP contribution in [0.15, 0.2) is 78.9 Å². The predicted molar refractivity (Wildman–Crippen MR) is 143 cm³/mol. The molecule has 0 saturated carbocycles. The van der Waals surface area contributed by atoms with Crippen molar-refractivity contribution in [1.29, 1.82) is 0 Å². The molecule has 0 aliphatic heterocycles. The molecule has 9 nitrogen and oxygen atoms in total. The number of aromatic carboxylic acids is 3. The molecule has 0 aliphatic rings. The van der Waals surface area contributed by atoms with Crippen molar-refractivity contribution < 1.29 is 39.6 Å². The van der Waals surface area contributed by atoms with Crippen LogP contribution in [0, 0.1) is 0 Å². The van der Waals surface area contributed by atoms with E-state index in [-0.39, 0.29) is 42.7 Å². The molecule has 4 rings (SSSR count). The summed E-state index contributed by atoms with van der Waals surface area (Å²) in [6.45, 7) is 0.492. The number of rotatable bonds is 11. The van der Waals surface area contributed by atoms with Gasteiger partial charge in [0.05, 0.1) is 23.1 Å². The van der Waals surface area contributed by atoms with E-state index in [0.717, 1.165) is 21.9 Å². The van der Waals surface area contributed by atoms with Crippen LogP contribution in [0.5, 0.6) is 0 Å². The molecule has 0 aliphatic carbocycles. The predicted octanol–water partition coefficient (Wildman–Crippen LogP) is 5.08. The number of nitrogens with zero attached hydrogens (tertiary/aromatic N) is 1. The van der Waals surface area contributed by atoms with Gasteiger partial charge in [-0.3, -0.25) is 9.69 Å². The number of hydrogen-bond donors (Lipinski definition) is 4. The van der Waals surface area contributed by atoms with E-state index in [1.54, 1.807) is 17.0 Å². The first-order valence-corrected chi connectivity index (χ1v) is 12.0. The molecular weight excluding hydrogens is 502 g/mol. The molecule has 0 spiro atoms. The van der Waals surface area contributed by atoms with Crippen molar-refractivity contribution in [2.24, 2.45) is 0 Å². The van der Waals surface area contributed by atoms with Crippen LogP contribution in [-0.4, -0.2) is 55.7 Å². The summed E-state index contributed by atoms with van der Waals surface area (Å²) in [4.78, 5) is 48.1. The second-order valence-corrected chi connectivity index (χ2v) is 9.05. The number of carbonyl (C=O) groups is 4. The topological polar surface area (TPSA) is 152 Å². The van der Waals surface area contributed by atoms with Gasteiger partial charge in [0.15, 0.2) is 0 Å². The minimum absolute atomic E-state index is 0.106. The zero-order valence-corrected chi connectivity index (χ0v) is 20.7. The van der Waals surface area contributed by atoms with E-state index >= 15 is 0 Å². The van der Waals surface area contributed by atoms with E-state index in [2.05, 4.69) is 0 Å². The second-order valence-electron chi connectivity index (χ2n) is 9.05. The Morgan fingerprint density at radius 3 is 2.05 bits per heavy atom. The van der Waals surface area contributed by atoms with Gasteiger partial charge in [0.25, 0.3) is 0 Å². The van der Waals surface area contributed by atoms with Crippen LogP contribution in [0.25, 0.3) is 21.9 Å². The molecule has 0 saturated heterocycles. The number of hydrogen-bond acceptors (Lipinski definition) is 5. The zero-order valence-electron chi connectivity index (χ0n) is 20.7. The second kappa shape index (κ2) is 11.6. The van der Waals surface area contributed by atoms with Crippen molar-refractivity contribution in [3.05, 3.63) is 107 Å². The molecule has 0 unspecified atom stereocenters. The summed E-state index contributed by atoms with van der Waals surface area (Å²) >= 11 is 0. The first kappa shape index (κ1) is 27.0. The van der Waals surface area contributed by atoms with Gasteiger partial charge in [-0.2, -0.15) is 0 Å². The number of fused-ring (bicyclic) bond motifs is 1. The number of carboxylic acid groups (broad SMARTS) is 4. The molecule has 4 aromatic rings. The van der Waals surface area contributed by atoms with Crippen LogP contribution in [0.4, 0.5) is 0 Å². The fourth-order valence-electron chi connectivity index (χ4n) is 4.58. The van der Waals surface area contributed by atoms with E-state index in [0.29, 0.717) is 11.1 Å². The summed E-state index contributed by atoms with van der Waals surface area (Å²) in [7, 11) is 0. The molecule has 4 aromatic carbocycles. The molecule has 9 heteroatoms. The third-order valence-electron chi connectivity index (χ3n) is 6.42. The van der Waals surface area contributed by atoms with Gasteiger partial charge in [-0.05, 0) is 57.3 Å². The Labute approximate surface area is 223 Å². The molecule has 4 N–H and O–H groups in total. The third kappa shape index (κ3) is 6.28. The fraction of sp³-hybridized carbons (Fsp3) is 0.133. The maximum atomic E-state index is 11.8. The van der Waals surface area contributed by atoms with Crippen molar-refractivity contribution in [2.45, 2.75) is 19.5 Å². The summed E-state index contributed by atoms with van der Waals surface area (Å²) in [5.41, 5.74) is 2.15. The first-order chi connectivity index (χ1) is 18.6. The first-order valence-electron chi connectivity index (χ1n) is 12.0. The van der Waals surface area contributed by atoms with E-state index < -0.39 is 23.9 Å². The highest BCUT2D eigenvalue weighted by molar-refractivity contribution is 6.02. The van der Waals surface area contributed by atoms with E-state index in [1.807, 2.05) is 42.5 Å². The lowest BCUT2D eigenvalue weighted by Gasteiger charge is -2.24. The number of carboxylic acids is 4. The molecule has 0 amide bonds. The Hall–Kier alpha value is -5.02. The Kier molecular flexibility index (Phi) is 8.02. The fourth-order valence-corrected chi connectivity index (χ4v) is 4.58. The van der Waals surface area contributed by atoms with Gasteiger partial charge in [-0.25, -0.2) is 14.4 Å². The Morgan fingerprint density at radius 2 is 1.36 bits per heavy atom. The lowest BCUT2D eigenvalue weighted by Crippen LogP contribution is -2.26. The molecule has 0 atom stereocenters. The van der Waals surface area contributed by atoms with E-state index in [9.17, 15) is 39.6 Å². The van der Waals surface area contributed by atoms with Crippen LogP contribution < -0.4 is 0 Å². The average molecular weight is 528 g/mol. The average Bonchev–Trinajstić information content (AvgIpc) is 2.91. The SMILES string of the molecule is O=C(O)CCN(Cc1ccc(C(=O)O)c(C(=O)O)c1)Cc1ccc(C(=O)O)cc1-c1cccc2ccccc12. The van der Waals surface area contributed by atoms with Crippen molar-refractivity contribution in [2.75, 3.05) is 6.54 Å². The van der Waals surface area contributed by atoms with Crippen LogP contribution in [0.2, 0.25) is 0 Å². The minimum atomic E-state index is -1.38. The lowest BCUT2D eigenvalue weighted by atomic mass is 9.92. The summed E-state index contributed by atoms with van der Waals surface area (Å²) in [5, 5.41) is 39.7. The molecule has 0 heterocycles. The summed E-state index contributed by atoms with van der Waals surface area (Å²) in [5.74, 6) is -4.83. The van der Waals surface area contributed by atoms with Crippen LogP contribution in [0.1, 0.15) is 48.6 Å². The van der Waals surface area contributed by atoms with Crippen LogP contribution in [-0.2, 0) is 17.9 Å². The normalized spacial score (nSPS) is 11.0. The van der Waals surface area contributed by atoms with Crippen LogP contribution in [0.3, 0.4) is 0 Å². The van der Waals surface area contributed by atoms with E-state index in [4.69, 9.17) is 0 Å². The van der Waals surface area contributed by atoms with Gasteiger partial charge in [0.1, 0.15) is 0 Å². The quantitative estimate of drug-likeness (QED) is 0.209. The molecule has 0 aromatic heterocycles. The van der Waals surface area contributed by atoms with E-state index in [1.165, 1.54) is 24.3 Å². The summed E-state index contributed by atoms with van der Waals surface area (Å²) in [6.07, 6.45) is -0.185. The van der Waals surface area contributed by atoms with Crippen molar-refractivity contribution in [3.8, 4) is 11.1 Å². The highest BCUT2D eigenvalue weighted by Gasteiger charge is 2.19. The Balaban J connectivity index is 1.77. The number of benzene rings is 4. The van der Waals surface area contributed by atoms with Gasteiger partial charge < -0.3 is 20.4 Å². The monoisotopic (exact) mass is 527 g/mol. The van der Waals surface area contributed by atoms with Gasteiger partial charge in [-0.1, -0.05) is 54.6 Å². The Bertz CT molecular complexity index is 1590. The van der Waals surface area contributed by atoms with Gasteiger partial charge >= 0.3 is 23.9 Å². The third-order valence-corrected chi connectivity index (χ3v) is 6.42. The molecule has 0 fully saturated rings. The maximum absolute atomic E-state index is 11.8. The lowest BCUT2D eigenvalue weighted by molar-refractivity contribution is -0.137. The van der Waals surface area contributed by atoms with Gasteiger partial charge in [-0.15, -0.1) is 0 Å². The smallest absolute Gasteiger partial charge is 0.336 e. The maximum Gasteiger partial charge on any atom is 0.336 e. The molecule has 198 valence electrons. The molecule has 0 bridgehead atoms.